The Labute approximate surface area is 147 Å². The number of benzene rings is 1. The van der Waals surface area contributed by atoms with Crippen LogP contribution < -0.4 is 11.1 Å². The second-order valence-corrected chi connectivity index (χ2v) is 5.06. The van der Waals surface area contributed by atoms with Gasteiger partial charge in [-0.15, -0.1) is 24.0 Å². The number of para-hydroxylation sites is 1. The summed E-state index contributed by atoms with van der Waals surface area (Å²) in [6, 6.07) is 6.45. The number of aliphatic imine (C=N–C) groups is 1. The number of phenolic OH excluding ortho intramolecular Hbond substituents is 1. The number of nitrogens with two attached hydrogens (primary N) is 1. The molecule has 2 rings (SSSR count). The van der Waals surface area contributed by atoms with E-state index in [1.54, 1.807) is 18.2 Å². The number of aromatic hydroxyl groups is 1. The standard InChI is InChI=1S/C15H22N4O2.HI/c16-15(19-10-4-1-5-11-19)18-9-8-17-14(21)12-6-2-3-7-13(12)20;/h2-3,6-7,20H,1,4-5,8-11H2,(H2,16,18)(H,17,21);1H. The number of amides is 1. The van der Waals surface area contributed by atoms with Crippen molar-refractivity contribution in [2.75, 3.05) is 26.2 Å². The smallest absolute Gasteiger partial charge is 0.255 e. The molecule has 1 fully saturated rings. The fraction of sp³-hybridized carbons (Fsp3) is 0.467. The van der Waals surface area contributed by atoms with Gasteiger partial charge >= 0.3 is 0 Å². The van der Waals surface area contributed by atoms with Crippen molar-refractivity contribution >= 4 is 35.8 Å². The Morgan fingerprint density at radius 1 is 1.27 bits per heavy atom. The Morgan fingerprint density at radius 2 is 1.95 bits per heavy atom. The van der Waals surface area contributed by atoms with Crippen molar-refractivity contribution in [1.29, 1.82) is 0 Å². The number of rotatable bonds is 4. The Kier molecular flexibility index (Phi) is 8.00. The highest BCUT2D eigenvalue weighted by atomic mass is 127. The lowest BCUT2D eigenvalue weighted by atomic mass is 10.1. The lowest BCUT2D eigenvalue weighted by molar-refractivity contribution is 0.0952. The Balaban J connectivity index is 0.00000242. The summed E-state index contributed by atoms with van der Waals surface area (Å²) in [7, 11) is 0. The van der Waals surface area contributed by atoms with Gasteiger partial charge in [0.1, 0.15) is 5.75 Å². The van der Waals surface area contributed by atoms with E-state index in [0.717, 1.165) is 25.9 Å². The highest BCUT2D eigenvalue weighted by Gasteiger charge is 2.12. The van der Waals surface area contributed by atoms with Crippen molar-refractivity contribution in [1.82, 2.24) is 10.2 Å². The predicted octanol–water partition coefficient (Wildman–Crippen LogP) is 1.54. The summed E-state index contributed by atoms with van der Waals surface area (Å²) >= 11 is 0. The molecule has 1 aromatic rings. The first-order chi connectivity index (χ1) is 10.2. The molecular formula is C15H23IN4O2. The molecule has 0 saturated carbocycles. The van der Waals surface area contributed by atoms with Crippen LogP contribution in [0.2, 0.25) is 0 Å². The molecule has 6 nitrogen and oxygen atoms in total. The monoisotopic (exact) mass is 418 g/mol. The number of hydrogen-bond donors (Lipinski definition) is 3. The van der Waals surface area contributed by atoms with Crippen molar-refractivity contribution in [3.63, 3.8) is 0 Å². The Bertz CT molecular complexity index is 516. The topological polar surface area (TPSA) is 90.9 Å². The molecule has 1 saturated heterocycles. The third kappa shape index (κ3) is 5.36. The number of hydrogen-bond acceptors (Lipinski definition) is 3. The third-order valence-electron chi connectivity index (χ3n) is 3.50. The van der Waals surface area contributed by atoms with Crippen molar-refractivity contribution in [2.24, 2.45) is 10.7 Å². The molecule has 0 aliphatic carbocycles. The number of nitrogens with zero attached hydrogens (tertiary/aromatic N) is 2. The van der Waals surface area contributed by atoms with E-state index in [0.29, 0.717) is 19.0 Å². The third-order valence-corrected chi connectivity index (χ3v) is 3.50. The summed E-state index contributed by atoms with van der Waals surface area (Å²) in [6.45, 7) is 2.74. The zero-order valence-electron chi connectivity index (χ0n) is 12.5. The number of piperidine rings is 1. The molecule has 0 unspecified atom stereocenters. The second kappa shape index (κ2) is 9.50. The number of phenols is 1. The SMILES string of the molecule is I.NC(=NCCNC(=O)c1ccccc1O)N1CCCCC1. The van der Waals surface area contributed by atoms with Crippen LogP contribution in [-0.4, -0.2) is 48.1 Å². The molecule has 0 bridgehead atoms. The highest BCUT2D eigenvalue weighted by Crippen LogP contribution is 2.14. The summed E-state index contributed by atoms with van der Waals surface area (Å²) in [5.41, 5.74) is 6.19. The molecule has 1 amide bonds. The zero-order valence-corrected chi connectivity index (χ0v) is 14.8. The van der Waals surface area contributed by atoms with Crippen LogP contribution in [0.25, 0.3) is 0 Å². The molecule has 7 heteroatoms. The average Bonchev–Trinajstić information content (AvgIpc) is 2.52. The molecule has 122 valence electrons. The number of carbonyl (C=O) groups excluding carboxylic acids is 1. The number of guanidine groups is 1. The van der Waals surface area contributed by atoms with Crippen LogP contribution in [0.1, 0.15) is 29.6 Å². The van der Waals surface area contributed by atoms with E-state index in [1.165, 1.54) is 12.5 Å². The maximum absolute atomic E-state index is 11.9. The van der Waals surface area contributed by atoms with E-state index in [1.807, 2.05) is 0 Å². The molecule has 1 aromatic carbocycles. The molecule has 0 radical (unpaired) electrons. The Hall–Kier alpha value is -1.51. The number of carbonyl (C=O) groups is 1. The van der Waals surface area contributed by atoms with E-state index in [4.69, 9.17) is 5.73 Å². The first kappa shape index (κ1) is 18.5. The first-order valence-electron chi connectivity index (χ1n) is 7.29. The summed E-state index contributed by atoms with van der Waals surface area (Å²) in [6.07, 6.45) is 3.56. The zero-order chi connectivity index (χ0) is 15.1. The minimum absolute atomic E-state index is 0. The molecule has 0 aromatic heterocycles. The van der Waals surface area contributed by atoms with Crippen LogP contribution in [0.3, 0.4) is 0 Å². The van der Waals surface area contributed by atoms with E-state index < -0.39 is 0 Å². The fourth-order valence-electron chi connectivity index (χ4n) is 2.32. The quantitative estimate of drug-likeness (QED) is 0.300. The van der Waals surface area contributed by atoms with Crippen LogP contribution in [-0.2, 0) is 0 Å². The molecule has 1 aliphatic rings. The first-order valence-corrected chi connectivity index (χ1v) is 7.29. The Morgan fingerprint density at radius 3 is 2.64 bits per heavy atom. The van der Waals surface area contributed by atoms with Gasteiger partial charge in [0.2, 0.25) is 0 Å². The second-order valence-electron chi connectivity index (χ2n) is 5.06. The molecule has 1 aliphatic heterocycles. The van der Waals surface area contributed by atoms with Crippen molar-refractivity contribution in [3.8, 4) is 5.75 Å². The minimum Gasteiger partial charge on any atom is -0.507 e. The van der Waals surface area contributed by atoms with Crippen LogP contribution in [0.15, 0.2) is 29.3 Å². The van der Waals surface area contributed by atoms with Gasteiger partial charge in [-0.1, -0.05) is 12.1 Å². The summed E-state index contributed by atoms with van der Waals surface area (Å²) in [5, 5.41) is 12.3. The van der Waals surface area contributed by atoms with Gasteiger partial charge < -0.3 is 21.1 Å². The maximum atomic E-state index is 11.9. The maximum Gasteiger partial charge on any atom is 0.255 e. The summed E-state index contributed by atoms with van der Waals surface area (Å²) in [5.74, 6) is 0.220. The van der Waals surface area contributed by atoms with Crippen LogP contribution in [0, 0.1) is 0 Å². The van der Waals surface area contributed by atoms with E-state index >= 15 is 0 Å². The molecule has 0 atom stereocenters. The van der Waals surface area contributed by atoms with Gasteiger partial charge in [0.15, 0.2) is 5.96 Å². The highest BCUT2D eigenvalue weighted by molar-refractivity contribution is 14.0. The molecular weight excluding hydrogens is 395 g/mol. The van der Waals surface area contributed by atoms with E-state index in [2.05, 4.69) is 15.2 Å². The molecule has 0 spiro atoms. The van der Waals surface area contributed by atoms with Crippen molar-refractivity contribution in [3.05, 3.63) is 29.8 Å². The molecule has 4 N–H and O–H groups in total. The lowest BCUT2D eigenvalue weighted by Gasteiger charge is -2.27. The largest absolute Gasteiger partial charge is 0.507 e. The molecule has 1 heterocycles. The van der Waals surface area contributed by atoms with Gasteiger partial charge in [-0.3, -0.25) is 9.79 Å². The number of nitrogens with one attached hydrogen (secondary N) is 1. The van der Waals surface area contributed by atoms with E-state index in [9.17, 15) is 9.90 Å². The van der Waals surface area contributed by atoms with Gasteiger partial charge in [0.25, 0.3) is 5.91 Å². The number of halogens is 1. The summed E-state index contributed by atoms with van der Waals surface area (Å²) < 4.78 is 0. The van der Waals surface area contributed by atoms with Gasteiger partial charge in [0.05, 0.1) is 12.1 Å². The van der Waals surface area contributed by atoms with Crippen LogP contribution >= 0.6 is 24.0 Å². The normalized spacial score (nSPS) is 15.1. The average molecular weight is 418 g/mol. The van der Waals surface area contributed by atoms with Gasteiger partial charge in [-0.2, -0.15) is 0 Å². The lowest BCUT2D eigenvalue weighted by Crippen LogP contribution is -2.41. The van der Waals surface area contributed by atoms with Gasteiger partial charge in [0, 0.05) is 19.6 Å². The predicted molar refractivity (Wildman–Crippen MR) is 97.8 cm³/mol. The fourth-order valence-corrected chi connectivity index (χ4v) is 2.32. The summed E-state index contributed by atoms with van der Waals surface area (Å²) in [4.78, 5) is 18.2. The minimum atomic E-state index is -0.306. The number of likely N-dealkylation sites (tertiary alicyclic amines) is 1. The van der Waals surface area contributed by atoms with E-state index in [-0.39, 0.29) is 41.2 Å². The van der Waals surface area contributed by atoms with Crippen molar-refractivity contribution in [2.45, 2.75) is 19.3 Å². The van der Waals surface area contributed by atoms with Gasteiger partial charge in [-0.25, -0.2) is 0 Å². The van der Waals surface area contributed by atoms with Gasteiger partial charge in [-0.05, 0) is 31.4 Å². The van der Waals surface area contributed by atoms with Crippen LogP contribution in [0.4, 0.5) is 0 Å². The van der Waals surface area contributed by atoms with Crippen molar-refractivity contribution < 1.29 is 9.90 Å². The van der Waals surface area contributed by atoms with Crippen LogP contribution in [0.5, 0.6) is 5.75 Å². The molecule has 22 heavy (non-hydrogen) atoms.